The monoisotopic (exact) mass is 870 g/mol. The Morgan fingerprint density at radius 3 is 1.56 bits per heavy atom. The molecule has 2 fully saturated rings. The molecule has 3 aromatic rings. The lowest BCUT2D eigenvalue weighted by atomic mass is 9.99. The van der Waals surface area contributed by atoms with Crippen LogP contribution in [0.1, 0.15) is 16.7 Å². The summed E-state index contributed by atoms with van der Waals surface area (Å²) in [6.07, 6.45) is -8.22. The summed E-state index contributed by atoms with van der Waals surface area (Å²) in [6.45, 7) is -2.68. The Hall–Kier alpha value is -6.23. The van der Waals surface area contributed by atoms with Crippen LogP contribution in [0.15, 0.2) is 72.8 Å². The quantitative estimate of drug-likeness (QED) is 0.0522. The first-order chi connectivity index (χ1) is 29.6. The van der Waals surface area contributed by atoms with Gasteiger partial charge in [0.25, 0.3) is 0 Å². The highest BCUT2D eigenvalue weighted by Crippen LogP contribution is 2.39. The number of phenolic OH excluding ortho intramolecular Hbond substituents is 3. The molecule has 5 rings (SSSR count). The molecule has 2 saturated heterocycles. The summed E-state index contributed by atoms with van der Waals surface area (Å²) in [4.78, 5) is 39.5. The van der Waals surface area contributed by atoms with Crippen LogP contribution < -0.4 is 14.2 Å². The molecule has 0 aromatic heterocycles. The number of aliphatic hydroxyl groups excluding tert-OH is 5. The molecule has 2 heterocycles. The van der Waals surface area contributed by atoms with Gasteiger partial charge < -0.3 is 83.5 Å². The first-order valence-corrected chi connectivity index (χ1v) is 18.7. The molecule has 9 unspecified atom stereocenters. The highest BCUT2D eigenvalue weighted by Gasteiger charge is 2.62. The van der Waals surface area contributed by atoms with Crippen molar-refractivity contribution in [3.8, 4) is 34.5 Å². The van der Waals surface area contributed by atoms with Crippen LogP contribution in [0.4, 0.5) is 0 Å². The minimum atomic E-state index is -2.65. The van der Waals surface area contributed by atoms with E-state index in [2.05, 4.69) is 0 Å². The third-order valence-corrected chi connectivity index (χ3v) is 9.54. The van der Waals surface area contributed by atoms with E-state index >= 15 is 0 Å². The fourth-order valence-corrected chi connectivity index (χ4v) is 6.23. The number of rotatable bonds is 17. The van der Waals surface area contributed by atoms with Gasteiger partial charge in [0.2, 0.25) is 5.79 Å². The Labute approximate surface area is 353 Å². The molecular formula is C42H46O20. The van der Waals surface area contributed by atoms with Crippen LogP contribution in [-0.4, -0.2) is 155 Å². The summed E-state index contributed by atoms with van der Waals surface area (Å²) in [6, 6.07) is 12.6. The lowest BCUT2D eigenvalue weighted by molar-refractivity contribution is -0.383. The molecule has 2 aliphatic heterocycles. The van der Waals surface area contributed by atoms with Crippen LogP contribution in [-0.2, 0) is 42.8 Å². The highest BCUT2D eigenvalue weighted by molar-refractivity contribution is 5.88. The standard InChI is InChI=1S/C42H46O20/c1-54-28-16-22(4-10-25(28)44)7-13-33(47)57-20-32-37(51)40(60-35(49)15-9-24-6-12-27(46)30(18-24)56-3)42(61-32,62-41-39(53)38(52)36(50)31(19-43)59-41)21-58-34(48)14-8-23-5-11-26(45)29(17-23)55-2/h4-18,31-32,36-41,43-46,50-53H,19-21H2,1-3H3. The number of aliphatic hydroxyl groups is 5. The number of aromatic hydroxyl groups is 3. The van der Waals surface area contributed by atoms with Gasteiger partial charge in [-0.2, -0.15) is 0 Å². The Bertz CT molecular complexity index is 2130. The zero-order chi connectivity index (χ0) is 45.1. The SMILES string of the molecule is COc1cc(C=CC(=O)OCC2OC(COC(=O)C=Cc3ccc(O)c(OC)c3)(OC3OC(CO)C(O)C(O)C3O)C(OC(=O)C=Cc3ccc(O)c(OC)c3)C2O)ccc1O. The zero-order valence-electron chi connectivity index (χ0n) is 33.4. The molecule has 20 heteroatoms. The average molecular weight is 871 g/mol. The van der Waals surface area contributed by atoms with Crippen molar-refractivity contribution in [2.75, 3.05) is 41.2 Å². The van der Waals surface area contributed by atoms with Gasteiger partial charge >= 0.3 is 17.9 Å². The summed E-state index contributed by atoms with van der Waals surface area (Å²) in [5, 5.41) is 83.2. The number of phenols is 3. The van der Waals surface area contributed by atoms with Crippen molar-refractivity contribution in [1.82, 2.24) is 0 Å². The van der Waals surface area contributed by atoms with Gasteiger partial charge in [-0.15, -0.1) is 0 Å². The number of esters is 3. The number of hydrogen-bond donors (Lipinski definition) is 8. The largest absolute Gasteiger partial charge is 0.504 e. The summed E-state index contributed by atoms with van der Waals surface area (Å²) in [7, 11) is 3.98. The molecular weight excluding hydrogens is 824 g/mol. The van der Waals surface area contributed by atoms with Crippen molar-refractivity contribution < 1.29 is 97.9 Å². The summed E-state index contributed by atoms with van der Waals surface area (Å²) >= 11 is 0. The van der Waals surface area contributed by atoms with E-state index in [1.165, 1.54) is 94.2 Å². The maximum Gasteiger partial charge on any atom is 0.331 e. The minimum absolute atomic E-state index is 0.0857. The van der Waals surface area contributed by atoms with E-state index in [1.807, 2.05) is 0 Å². The molecule has 334 valence electrons. The Balaban J connectivity index is 1.46. The molecule has 0 amide bonds. The molecule has 20 nitrogen and oxygen atoms in total. The van der Waals surface area contributed by atoms with Gasteiger partial charge in [0.1, 0.15) is 49.8 Å². The number of ether oxygens (including phenoxy) is 9. The van der Waals surface area contributed by atoms with Crippen LogP contribution in [0.25, 0.3) is 18.2 Å². The number of carbonyl (C=O) groups excluding carboxylic acids is 3. The third-order valence-electron chi connectivity index (χ3n) is 9.54. The number of methoxy groups -OCH3 is 3. The highest BCUT2D eigenvalue weighted by atomic mass is 16.8. The van der Waals surface area contributed by atoms with Gasteiger partial charge in [-0.25, -0.2) is 14.4 Å². The Morgan fingerprint density at radius 1 is 0.629 bits per heavy atom. The summed E-state index contributed by atoms with van der Waals surface area (Å²) < 4.78 is 49.3. The molecule has 0 radical (unpaired) electrons. The second-order valence-electron chi connectivity index (χ2n) is 13.7. The molecule has 0 spiro atoms. The average Bonchev–Trinajstić information content (AvgIpc) is 3.52. The van der Waals surface area contributed by atoms with Gasteiger partial charge in [-0.05, 0) is 71.3 Å². The van der Waals surface area contributed by atoms with E-state index < -0.39 is 92.5 Å². The summed E-state index contributed by atoms with van der Waals surface area (Å²) in [5.74, 6) is -5.98. The predicted molar refractivity (Wildman–Crippen MR) is 211 cm³/mol. The van der Waals surface area contributed by atoms with Crippen LogP contribution in [0.2, 0.25) is 0 Å². The van der Waals surface area contributed by atoms with Crippen molar-refractivity contribution in [1.29, 1.82) is 0 Å². The van der Waals surface area contributed by atoms with Crippen molar-refractivity contribution >= 4 is 36.1 Å². The van der Waals surface area contributed by atoms with Crippen LogP contribution in [0.5, 0.6) is 34.5 Å². The van der Waals surface area contributed by atoms with Crippen molar-refractivity contribution in [2.24, 2.45) is 0 Å². The number of benzene rings is 3. The topological polar surface area (TPSA) is 296 Å². The van der Waals surface area contributed by atoms with Crippen molar-refractivity contribution in [3.63, 3.8) is 0 Å². The second-order valence-corrected chi connectivity index (χ2v) is 13.7. The van der Waals surface area contributed by atoms with Crippen LogP contribution >= 0.6 is 0 Å². The van der Waals surface area contributed by atoms with Gasteiger partial charge in [0.05, 0.1) is 27.9 Å². The number of carbonyl (C=O) groups is 3. The first-order valence-electron chi connectivity index (χ1n) is 18.7. The molecule has 62 heavy (non-hydrogen) atoms. The minimum Gasteiger partial charge on any atom is -0.504 e. The smallest absolute Gasteiger partial charge is 0.331 e. The van der Waals surface area contributed by atoms with E-state index in [0.29, 0.717) is 16.7 Å². The van der Waals surface area contributed by atoms with Crippen molar-refractivity contribution in [3.05, 3.63) is 89.5 Å². The lowest BCUT2D eigenvalue weighted by Gasteiger charge is -2.43. The van der Waals surface area contributed by atoms with Gasteiger partial charge in [0.15, 0.2) is 46.9 Å². The molecule has 0 saturated carbocycles. The zero-order valence-corrected chi connectivity index (χ0v) is 33.4. The predicted octanol–water partition coefficient (Wildman–Crippen LogP) is 0.540. The van der Waals surface area contributed by atoms with E-state index in [1.54, 1.807) is 0 Å². The van der Waals surface area contributed by atoms with Gasteiger partial charge in [-0.3, -0.25) is 0 Å². The Kier molecular flexibility index (Phi) is 15.9. The van der Waals surface area contributed by atoms with E-state index in [4.69, 9.17) is 42.6 Å². The van der Waals surface area contributed by atoms with Gasteiger partial charge in [0, 0.05) is 18.2 Å². The van der Waals surface area contributed by atoms with E-state index in [-0.39, 0.29) is 34.5 Å². The summed E-state index contributed by atoms with van der Waals surface area (Å²) in [5.41, 5.74) is 1.19. The molecule has 3 aromatic carbocycles. The molecule has 0 aliphatic carbocycles. The third kappa shape index (κ3) is 11.4. The fourth-order valence-electron chi connectivity index (χ4n) is 6.23. The molecule has 2 aliphatic rings. The molecule has 8 N–H and O–H groups in total. The number of hydrogen-bond acceptors (Lipinski definition) is 20. The lowest BCUT2D eigenvalue weighted by Crippen LogP contribution is -2.63. The van der Waals surface area contributed by atoms with Crippen molar-refractivity contribution in [2.45, 2.75) is 54.8 Å². The fraction of sp³-hybridized carbons (Fsp3) is 0.357. The van der Waals surface area contributed by atoms with Crippen LogP contribution in [0, 0.1) is 0 Å². The molecule has 9 atom stereocenters. The van der Waals surface area contributed by atoms with E-state index in [9.17, 15) is 55.2 Å². The molecule has 0 bridgehead atoms. The maximum absolute atomic E-state index is 13.4. The second kappa shape index (κ2) is 21.0. The normalized spacial score (nSPS) is 26.1. The van der Waals surface area contributed by atoms with Gasteiger partial charge in [-0.1, -0.05) is 18.2 Å². The Morgan fingerprint density at radius 2 is 1.10 bits per heavy atom. The maximum atomic E-state index is 13.4. The van der Waals surface area contributed by atoms with E-state index in [0.717, 1.165) is 18.2 Å². The first kappa shape index (κ1) is 46.8. The van der Waals surface area contributed by atoms with Crippen LogP contribution in [0.3, 0.4) is 0 Å².